The topological polar surface area (TPSA) is 9.23 Å². The largest absolute Gasteiger partial charge is 0.549 e. The average molecular weight is 151 g/mol. The Morgan fingerprint density at radius 1 is 1.38 bits per heavy atom. The fourth-order valence-corrected chi connectivity index (χ4v) is 0.844. The maximum absolute atomic E-state index is 5.22. The van der Waals surface area contributed by atoms with Gasteiger partial charge in [-0.15, -0.1) is 0 Å². The number of halogens is 1. The third-order valence-corrected chi connectivity index (χ3v) is 1.42. The molecule has 0 aliphatic heterocycles. The first-order chi connectivity index (χ1) is 3.56. The molecule has 48 valence electrons. The molecule has 0 aromatic heterocycles. The first-order valence-corrected chi connectivity index (χ1v) is 6.34. The zero-order chi connectivity index (χ0) is 6.62. The van der Waals surface area contributed by atoms with Crippen LogP contribution in [0.3, 0.4) is 0 Å². The summed E-state index contributed by atoms with van der Waals surface area (Å²) in [6.45, 7) is 6.30. The van der Waals surface area contributed by atoms with Gasteiger partial charge in [-0.05, 0) is 19.6 Å². The summed E-state index contributed by atoms with van der Waals surface area (Å²) in [6.07, 6.45) is 1.54. The lowest BCUT2D eigenvalue weighted by molar-refractivity contribution is 0.481. The Morgan fingerprint density at radius 3 is 2.00 bits per heavy atom. The lowest BCUT2D eigenvalue weighted by atomic mass is 11.2. The summed E-state index contributed by atoms with van der Waals surface area (Å²) in [5.74, 6) is 0. The van der Waals surface area contributed by atoms with Crippen molar-refractivity contribution in [3.8, 4) is 0 Å². The maximum atomic E-state index is 5.22. The molecule has 0 saturated carbocycles. The van der Waals surface area contributed by atoms with Gasteiger partial charge in [0, 0.05) is 5.54 Å². The van der Waals surface area contributed by atoms with Crippen LogP contribution in [-0.4, -0.2) is 8.32 Å². The van der Waals surface area contributed by atoms with Crippen molar-refractivity contribution in [2.75, 3.05) is 0 Å². The summed E-state index contributed by atoms with van der Waals surface area (Å²) in [7, 11) is -1.35. The van der Waals surface area contributed by atoms with Gasteiger partial charge in [0.2, 0.25) is 8.32 Å². The molecule has 0 heterocycles. The van der Waals surface area contributed by atoms with Crippen molar-refractivity contribution in [2.24, 2.45) is 0 Å². The highest BCUT2D eigenvalue weighted by Gasteiger charge is 2.12. The van der Waals surface area contributed by atoms with Crippen molar-refractivity contribution in [3.05, 3.63) is 11.8 Å². The number of hydrogen-bond acceptors (Lipinski definition) is 1. The van der Waals surface area contributed by atoms with E-state index < -0.39 is 8.32 Å². The molecule has 0 fully saturated rings. The van der Waals surface area contributed by atoms with Crippen molar-refractivity contribution < 1.29 is 4.43 Å². The zero-order valence-corrected chi connectivity index (χ0v) is 7.20. The molecule has 0 aliphatic carbocycles. The quantitative estimate of drug-likeness (QED) is 0.434. The molecule has 0 aromatic carbocycles. The average Bonchev–Trinajstić information content (AvgIpc) is 1.59. The van der Waals surface area contributed by atoms with Crippen molar-refractivity contribution in [1.29, 1.82) is 0 Å². The molecule has 0 rings (SSSR count). The highest BCUT2D eigenvalue weighted by molar-refractivity contribution is 6.69. The standard InChI is InChI=1S/C5H11ClOSi/c1-8(2,3)7-5-4-6/h4-5H,1-3H3. The summed E-state index contributed by atoms with van der Waals surface area (Å²) in [4.78, 5) is 0. The van der Waals surface area contributed by atoms with Crippen molar-refractivity contribution in [3.63, 3.8) is 0 Å². The molecule has 3 heteroatoms. The van der Waals surface area contributed by atoms with Gasteiger partial charge in [0.25, 0.3) is 0 Å². The van der Waals surface area contributed by atoms with E-state index >= 15 is 0 Å². The van der Waals surface area contributed by atoms with Gasteiger partial charge in [-0.1, -0.05) is 11.6 Å². The first-order valence-electron chi connectivity index (χ1n) is 2.49. The normalized spacial score (nSPS) is 12.5. The van der Waals surface area contributed by atoms with E-state index in [0.717, 1.165) is 0 Å². The molecule has 1 nitrogen and oxygen atoms in total. The molecule has 0 aliphatic rings. The fourth-order valence-electron chi connectivity index (χ4n) is 0.230. The molecule has 0 radical (unpaired) electrons. The summed E-state index contributed by atoms with van der Waals surface area (Å²) >= 11 is 5.22. The Kier molecular flexibility index (Phi) is 3.17. The number of rotatable bonds is 2. The molecule has 0 aromatic rings. The molecular formula is C5H11ClOSi. The minimum absolute atomic E-state index is 1.35. The predicted molar refractivity (Wildman–Crippen MR) is 39.4 cm³/mol. The molecule has 0 spiro atoms. The van der Waals surface area contributed by atoms with Crippen LogP contribution in [0.4, 0.5) is 0 Å². The highest BCUT2D eigenvalue weighted by Crippen LogP contribution is 2.02. The lowest BCUT2D eigenvalue weighted by Crippen LogP contribution is -2.21. The molecule has 0 unspecified atom stereocenters. The van der Waals surface area contributed by atoms with Gasteiger partial charge in [-0.3, -0.25) is 0 Å². The monoisotopic (exact) mass is 150 g/mol. The fraction of sp³-hybridized carbons (Fsp3) is 0.600. The minimum Gasteiger partial charge on any atom is -0.549 e. The van der Waals surface area contributed by atoms with Crippen LogP contribution in [0.1, 0.15) is 0 Å². The van der Waals surface area contributed by atoms with Crippen LogP contribution < -0.4 is 0 Å². The summed E-state index contributed by atoms with van der Waals surface area (Å²) in [5.41, 5.74) is 1.39. The molecule has 0 bridgehead atoms. The van der Waals surface area contributed by atoms with Gasteiger partial charge < -0.3 is 4.43 Å². The van der Waals surface area contributed by atoms with Crippen LogP contribution in [0.5, 0.6) is 0 Å². The van der Waals surface area contributed by atoms with Crippen molar-refractivity contribution >= 4 is 19.9 Å². The van der Waals surface area contributed by atoms with E-state index in [9.17, 15) is 0 Å². The molecule has 0 N–H and O–H groups in total. The second kappa shape index (κ2) is 3.15. The van der Waals surface area contributed by atoms with E-state index in [0.29, 0.717) is 0 Å². The van der Waals surface area contributed by atoms with Gasteiger partial charge in [0.1, 0.15) is 0 Å². The summed E-state index contributed by atoms with van der Waals surface area (Å²) in [5, 5.41) is 0. The molecule has 8 heavy (non-hydrogen) atoms. The molecule has 0 atom stereocenters. The molecule has 0 amide bonds. The van der Waals surface area contributed by atoms with Gasteiger partial charge in [-0.2, -0.15) is 0 Å². The van der Waals surface area contributed by atoms with Crippen LogP contribution in [0, 0.1) is 0 Å². The minimum atomic E-state index is -1.35. The Hall–Kier alpha value is 0.0469. The first kappa shape index (κ1) is 8.05. The van der Waals surface area contributed by atoms with Crippen LogP contribution in [-0.2, 0) is 4.43 Å². The van der Waals surface area contributed by atoms with E-state index in [4.69, 9.17) is 16.0 Å². The third kappa shape index (κ3) is 6.05. The van der Waals surface area contributed by atoms with E-state index in [1.165, 1.54) is 11.8 Å². The van der Waals surface area contributed by atoms with Crippen LogP contribution in [0.15, 0.2) is 11.8 Å². The number of hydrogen-bond donors (Lipinski definition) is 0. The second-order valence-corrected chi connectivity index (χ2v) is 7.20. The van der Waals surface area contributed by atoms with Crippen LogP contribution >= 0.6 is 11.6 Å². The van der Waals surface area contributed by atoms with Crippen molar-refractivity contribution in [2.45, 2.75) is 19.6 Å². The van der Waals surface area contributed by atoms with Crippen molar-refractivity contribution in [1.82, 2.24) is 0 Å². The summed E-state index contributed by atoms with van der Waals surface area (Å²) < 4.78 is 5.20. The SMILES string of the molecule is C[Si](C)(C)OC=CCl. The van der Waals surface area contributed by atoms with Crippen LogP contribution in [0.2, 0.25) is 19.6 Å². The smallest absolute Gasteiger partial charge is 0.241 e. The van der Waals surface area contributed by atoms with Crippen LogP contribution in [0.25, 0.3) is 0 Å². The van der Waals surface area contributed by atoms with E-state index in [-0.39, 0.29) is 0 Å². The summed E-state index contributed by atoms with van der Waals surface area (Å²) in [6, 6.07) is 0. The lowest BCUT2D eigenvalue weighted by Gasteiger charge is -2.13. The Bertz CT molecular complexity index is 84.9. The predicted octanol–water partition coefficient (Wildman–Crippen LogP) is 2.55. The molecular weight excluding hydrogens is 140 g/mol. The van der Waals surface area contributed by atoms with Gasteiger partial charge in [-0.25, -0.2) is 0 Å². The molecule has 0 saturated heterocycles. The Morgan fingerprint density at radius 2 is 1.88 bits per heavy atom. The second-order valence-electron chi connectivity index (χ2n) is 2.49. The van der Waals surface area contributed by atoms with E-state index in [1.54, 1.807) is 0 Å². The Labute approximate surface area is 56.4 Å². The third-order valence-electron chi connectivity index (χ3n) is 0.473. The van der Waals surface area contributed by atoms with E-state index in [2.05, 4.69) is 19.6 Å². The Balaban J connectivity index is 3.39. The van der Waals surface area contributed by atoms with Gasteiger partial charge in [0.15, 0.2) is 0 Å². The highest BCUT2D eigenvalue weighted by atomic mass is 35.5. The maximum Gasteiger partial charge on any atom is 0.241 e. The zero-order valence-electron chi connectivity index (χ0n) is 5.44. The van der Waals surface area contributed by atoms with Gasteiger partial charge >= 0.3 is 0 Å². The van der Waals surface area contributed by atoms with Gasteiger partial charge in [0.05, 0.1) is 6.26 Å². The van der Waals surface area contributed by atoms with E-state index in [1.807, 2.05) is 0 Å².